The van der Waals surface area contributed by atoms with Gasteiger partial charge in [0.05, 0.1) is 12.2 Å². The Hall–Kier alpha value is -1.13. The zero-order valence-electron chi connectivity index (χ0n) is 19.9. The van der Waals surface area contributed by atoms with E-state index in [0.717, 1.165) is 51.4 Å². The van der Waals surface area contributed by atoms with Gasteiger partial charge in [0, 0.05) is 24.4 Å². The van der Waals surface area contributed by atoms with Crippen molar-refractivity contribution < 1.29 is 15.0 Å². The lowest BCUT2D eigenvalue weighted by Gasteiger charge is -2.31. The number of unbranched alkanes of at least 4 members (excludes halogenated alkanes) is 2. The van der Waals surface area contributed by atoms with Gasteiger partial charge in [-0.3, -0.25) is 4.79 Å². The molecule has 1 fully saturated rings. The normalized spacial score (nSPS) is 27.2. The molecule has 0 radical (unpaired) electrons. The van der Waals surface area contributed by atoms with Crippen molar-refractivity contribution in [2.45, 2.75) is 117 Å². The summed E-state index contributed by atoms with van der Waals surface area (Å²) in [6.07, 6.45) is 14.2. The third kappa shape index (κ3) is 6.95. The van der Waals surface area contributed by atoms with Crippen LogP contribution in [0.4, 0.5) is 0 Å². The summed E-state index contributed by atoms with van der Waals surface area (Å²) in [6.45, 7) is 10.5. The van der Waals surface area contributed by atoms with Crippen LogP contribution in [0.3, 0.4) is 0 Å². The Morgan fingerprint density at radius 3 is 2.53 bits per heavy atom. The predicted molar refractivity (Wildman–Crippen MR) is 124 cm³/mol. The zero-order chi connectivity index (χ0) is 22.3. The maximum absolute atomic E-state index is 12.6. The van der Waals surface area contributed by atoms with Gasteiger partial charge in [-0.25, -0.2) is 0 Å². The summed E-state index contributed by atoms with van der Waals surface area (Å²) in [4.78, 5) is 14.6. The maximum atomic E-state index is 12.6. The molecule has 0 bridgehead atoms. The topological polar surface area (TPSA) is 60.8 Å². The zero-order valence-corrected chi connectivity index (χ0v) is 19.9. The molecule has 0 aromatic carbocycles. The smallest absolute Gasteiger partial charge is 0.223 e. The van der Waals surface area contributed by atoms with Gasteiger partial charge in [-0.1, -0.05) is 50.0 Å². The molecule has 1 amide bonds. The molecule has 4 heteroatoms. The summed E-state index contributed by atoms with van der Waals surface area (Å²) < 4.78 is 0. The van der Waals surface area contributed by atoms with Crippen molar-refractivity contribution in [1.29, 1.82) is 0 Å². The molecule has 0 heterocycles. The van der Waals surface area contributed by atoms with Crippen LogP contribution in [0.1, 0.15) is 92.4 Å². The highest BCUT2D eigenvalue weighted by Gasteiger charge is 2.43. The molecule has 0 aliphatic heterocycles. The van der Waals surface area contributed by atoms with Crippen LogP contribution in [-0.2, 0) is 4.79 Å². The van der Waals surface area contributed by atoms with E-state index < -0.39 is 6.10 Å². The van der Waals surface area contributed by atoms with Crippen molar-refractivity contribution in [2.75, 3.05) is 0 Å². The van der Waals surface area contributed by atoms with Crippen LogP contribution in [0.5, 0.6) is 0 Å². The van der Waals surface area contributed by atoms with Crippen molar-refractivity contribution in [3.05, 3.63) is 23.8 Å². The SMILES string of the molecule is CCCCC[C@H](O)/C=C/[C@@H]1[C@H]2CC(CCCC(=O)N(C(C)C)C(C)C)=C[C@H]2C[C@H]1O. The van der Waals surface area contributed by atoms with Gasteiger partial charge in [0.25, 0.3) is 0 Å². The quantitative estimate of drug-likeness (QED) is 0.336. The summed E-state index contributed by atoms with van der Waals surface area (Å²) in [5.41, 5.74) is 1.45. The van der Waals surface area contributed by atoms with E-state index in [0.29, 0.717) is 18.3 Å². The lowest BCUT2D eigenvalue weighted by Crippen LogP contribution is -2.41. The van der Waals surface area contributed by atoms with Gasteiger partial charge in [0.2, 0.25) is 5.91 Å². The Morgan fingerprint density at radius 1 is 1.20 bits per heavy atom. The Labute approximate surface area is 184 Å². The third-order valence-corrected chi connectivity index (χ3v) is 6.90. The Balaban J connectivity index is 1.81. The van der Waals surface area contributed by atoms with E-state index in [-0.39, 0.29) is 30.0 Å². The molecule has 2 aliphatic rings. The molecule has 2 aliphatic carbocycles. The minimum Gasteiger partial charge on any atom is -0.392 e. The second kappa shape index (κ2) is 12.0. The minimum absolute atomic E-state index is 0.142. The van der Waals surface area contributed by atoms with Crippen molar-refractivity contribution in [3.63, 3.8) is 0 Å². The summed E-state index contributed by atoms with van der Waals surface area (Å²) >= 11 is 0. The highest BCUT2D eigenvalue weighted by Crippen LogP contribution is 2.48. The second-order valence-electron chi connectivity index (χ2n) is 10.0. The Bertz CT molecular complexity index is 587. The molecule has 0 unspecified atom stereocenters. The fourth-order valence-electron chi connectivity index (χ4n) is 5.51. The fraction of sp³-hybridized carbons (Fsp3) is 0.808. The second-order valence-corrected chi connectivity index (χ2v) is 10.0. The van der Waals surface area contributed by atoms with Crippen molar-refractivity contribution in [2.24, 2.45) is 17.8 Å². The molecule has 0 saturated heterocycles. The van der Waals surface area contributed by atoms with Crippen LogP contribution < -0.4 is 0 Å². The molecule has 172 valence electrons. The van der Waals surface area contributed by atoms with Crippen molar-refractivity contribution >= 4 is 5.91 Å². The summed E-state index contributed by atoms with van der Waals surface area (Å²) in [5.74, 6) is 1.30. The minimum atomic E-state index is -0.396. The van der Waals surface area contributed by atoms with E-state index in [1.165, 1.54) is 5.57 Å². The van der Waals surface area contributed by atoms with Gasteiger partial charge in [0.1, 0.15) is 0 Å². The van der Waals surface area contributed by atoms with E-state index >= 15 is 0 Å². The van der Waals surface area contributed by atoms with Gasteiger partial charge in [-0.05, 0) is 71.6 Å². The molecule has 4 nitrogen and oxygen atoms in total. The molecular weight excluding hydrogens is 374 g/mol. The van der Waals surface area contributed by atoms with E-state index in [1.807, 2.05) is 11.0 Å². The van der Waals surface area contributed by atoms with E-state index in [9.17, 15) is 15.0 Å². The van der Waals surface area contributed by atoms with Gasteiger partial charge in [-0.2, -0.15) is 0 Å². The largest absolute Gasteiger partial charge is 0.392 e. The van der Waals surface area contributed by atoms with Crippen LogP contribution in [0.25, 0.3) is 0 Å². The number of amides is 1. The van der Waals surface area contributed by atoms with Crippen LogP contribution in [0.2, 0.25) is 0 Å². The van der Waals surface area contributed by atoms with E-state index in [1.54, 1.807) is 0 Å². The van der Waals surface area contributed by atoms with E-state index in [2.05, 4.69) is 46.8 Å². The number of nitrogens with zero attached hydrogens (tertiary/aromatic N) is 1. The van der Waals surface area contributed by atoms with Gasteiger partial charge in [-0.15, -0.1) is 0 Å². The highest BCUT2D eigenvalue weighted by atomic mass is 16.3. The van der Waals surface area contributed by atoms with E-state index in [4.69, 9.17) is 0 Å². The number of aliphatic hydroxyl groups is 2. The Morgan fingerprint density at radius 2 is 1.90 bits per heavy atom. The van der Waals surface area contributed by atoms with Crippen LogP contribution in [0, 0.1) is 17.8 Å². The Kier molecular flexibility index (Phi) is 10.1. The van der Waals surface area contributed by atoms with Gasteiger partial charge < -0.3 is 15.1 Å². The molecule has 2 rings (SSSR count). The molecule has 0 aromatic rings. The number of hydrogen-bond acceptors (Lipinski definition) is 3. The monoisotopic (exact) mass is 419 g/mol. The van der Waals surface area contributed by atoms with Gasteiger partial charge >= 0.3 is 0 Å². The molecule has 0 aromatic heterocycles. The number of carbonyl (C=O) groups excluding carboxylic acids is 1. The number of fused-ring (bicyclic) bond motifs is 1. The molecule has 2 N–H and O–H groups in total. The van der Waals surface area contributed by atoms with Gasteiger partial charge in [0.15, 0.2) is 0 Å². The number of carbonyl (C=O) groups is 1. The molecule has 0 spiro atoms. The molecule has 5 atom stereocenters. The van der Waals surface area contributed by atoms with Crippen LogP contribution >= 0.6 is 0 Å². The first-order valence-corrected chi connectivity index (χ1v) is 12.3. The highest BCUT2D eigenvalue weighted by molar-refractivity contribution is 5.76. The molecule has 1 saturated carbocycles. The van der Waals surface area contributed by atoms with Crippen LogP contribution in [0.15, 0.2) is 23.8 Å². The predicted octanol–water partition coefficient (Wildman–Crippen LogP) is 5.24. The average molecular weight is 420 g/mol. The van der Waals surface area contributed by atoms with Crippen molar-refractivity contribution in [1.82, 2.24) is 4.90 Å². The number of aliphatic hydroxyl groups excluding tert-OH is 2. The number of allylic oxidation sites excluding steroid dienone is 2. The van der Waals surface area contributed by atoms with Crippen LogP contribution in [-0.4, -0.2) is 45.3 Å². The molecular formula is C26H45NO3. The first-order chi connectivity index (χ1) is 14.2. The lowest BCUT2D eigenvalue weighted by molar-refractivity contribution is -0.134. The summed E-state index contributed by atoms with van der Waals surface area (Å²) in [5, 5.41) is 20.7. The summed E-state index contributed by atoms with van der Waals surface area (Å²) in [7, 11) is 0. The summed E-state index contributed by atoms with van der Waals surface area (Å²) in [6, 6.07) is 0.489. The standard InChI is InChI=1S/C26H45NO3/c1-6-7-8-11-22(28)13-14-23-24-16-20(15-21(24)17-25(23)29)10-9-12-26(30)27(18(2)3)19(4)5/h13-15,18-19,21-25,28-29H,6-12,16-17H2,1-5H3/b14-13+/t21-,22-,23+,24-,25+/m0/s1. The first-order valence-electron chi connectivity index (χ1n) is 12.3. The lowest BCUT2D eigenvalue weighted by atomic mass is 9.88. The fourth-order valence-corrected chi connectivity index (χ4v) is 5.51. The number of hydrogen-bond donors (Lipinski definition) is 2. The molecule has 30 heavy (non-hydrogen) atoms. The first kappa shape index (κ1) is 25.1. The van der Waals surface area contributed by atoms with Crippen molar-refractivity contribution in [3.8, 4) is 0 Å². The third-order valence-electron chi connectivity index (χ3n) is 6.90. The number of rotatable bonds is 12. The average Bonchev–Trinajstić information content (AvgIpc) is 3.16. The maximum Gasteiger partial charge on any atom is 0.223 e.